The van der Waals surface area contributed by atoms with Crippen molar-refractivity contribution in [2.45, 2.75) is 20.8 Å². The van der Waals surface area contributed by atoms with E-state index < -0.39 is 17.0 Å². The molecule has 0 unspecified atom stereocenters. The molecule has 0 saturated heterocycles. The number of rotatable bonds is 2. The van der Waals surface area contributed by atoms with Gasteiger partial charge in [0.25, 0.3) is 5.56 Å². The van der Waals surface area contributed by atoms with Crippen LogP contribution in [0, 0.1) is 13.8 Å². The van der Waals surface area contributed by atoms with Crippen molar-refractivity contribution in [1.82, 2.24) is 14.8 Å². The predicted octanol–water partition coefficient (Wildman–Crippen LogP) is 0.740. The highest BCUT2D eigenvalue weighted by Gasteiger charge is 2.12. The van der Waals surface area contributed by atoms with Gasteiger partial charge in [-0.25, -0.2) is 4.79 Å². The molecule has 0 aliphatic carbocycles. The van der Waals surface area contributed by atoms with Crippen molar-refractivity contribution >= 4 is 5.78 Å². The molecule has 98 valence electrons. The van der Waals surface area contributed by atoms with E-state index in [2.05, 4.69) is 10.1 Å². The summed E-state index contributed by atoms with van der Waals surface area (Å²) in [4.78, 5) is 36.6. The Hall–Kier alpha value is -2.50. The summed E-state index contributed by atoms with van der Waals surface area (Å²) in [6, 6.07) is 5.46. The molecule has 1 aromatic carbocycles. The van der Waals surface area contributed by atoms with E-state index in [9.17, 15) is 14.4 Å². The van der Waals surface area contributed by atoms with E-state index >= 15 is 0 Å². The zero-order valence-corrected chi connectivity index (χ0v) is 10.9. The first kappa shape index (κ1) is 12.9. The summed E-state index contributed by atoms with van der Waals surface area (Å²) in [6.07, 6.45) is 0. The van der Waals surface area contributed by atoms with Gasteiger partial charge in [0.15, 0.2) is 11.5 Å². The topological polar surface area (TPSA) is 84.8 Å². The summed E-state index contributed by atoms with van der Waals surface area (Å²) in [5.74, 6) is -0.487. The molecule has 19 heavy (non-hydrogen) atoms. The first-order valence-corrected chi connectivity index (χ1v) is 5.72. The normalized spacial score (nSPS) is 10.5. The lowest BCUT2D eigenvalue weighted by Crippen LogP contribution is -2.35. The van der Waals surface area contributed by atoms with Gasteiger partial charge < -0.3 is 0 Å². The van der Waals surface area contributed by atoms with Crippen LogP contribution >= 0.6 is 0 Å². The second-order valence-corrected chi connectivity index (χ2v) is 4.42. The van der Waals surface area contributed by atoms with Crippen molar-refractivity contribution in [2.24, 2.45) is 0 Å². The first-order chi connectivity index (χ1) is 8.88. The number of ketones is 1. The number of aryl methyl sites for hydroxylation is 2. The molecule has 1 heterocycles. The van der Waals surface area contributed by atoms with Crippen LogP contribution in [0.4, 0.5) is 0 Å². The summed E-state index contributed by atoms with van der Waals surface area (Å²) in [7, 11) is 0. The molecule has 0 saturated carbocycles. The maximum atomic E-state index is 11.8. The molecular formula is C13H13N3O3. The summed E-state index contributed by atoms with van der Waals surface area (Å²) in [5.41, 5.74) is 0.719. The fraction of sp³-hybridized carbons (Fsp3) is 0.231. The molecule has 0 aliphatic heterocycles. The van der Waals surface area contributed by atoms with E-state index in [4.69, 9.17) is 0 Å². The van der Waals surface area contributed by atoms with Crippen molar-refractivity contribution in [3.8, 4) is 5.69 Å². The van der Waals surface area contributed by atoms with Crippen LogP contribution in [-0.4, -0.2) is 20.5 Å². The fourth-order valence-electron chi connectivity index (χ4n) is 1.88. The molecule has 0 bridgehead atoms. The molecule has 0 fully saturated rings. The zero-order chi connectivity index (χ0) is 14.2. The summed E-state index contributed by atoms with van der Waals surface area (Å²) in [5, 5.41) is 3.83. The van der Waals surface area contributed by atoms with Gasteiger partial charge >= 0.3 is 5.69 Å². The van der Waals surface area contributed by atoms with Crippen LogP contribution in [-0.2, 0) is 0 Å². The third-order valence-electron chi connectivity index (χ3n) is 2.61. The highest BCUT2D eigenvalue weighted by molar-refractivity contribution is 5.91. The summed E-state index contributed by atoms with van der Waals surface area (Å²) >= 11 is 0. The van der Waals surface area contributed by atoms with Crippen LogP contribution < -0.4 is 11.2 Å². The van der Waals surface area contributed by atoms with Gasteiger partial charge in [0.2, 0.25) is 0 Å². The number of nitrogens with zero attached hydrogens (tertiary/aromatic N) is 2. The molecule has 0 aliphatic rings. The Kier molecular flexibility index (Phi) is 3.16. The number of benzene rings is 1. The quantitative estimate of drug-likeness (QED) is 0.806. The van der Waals surface area contributed by atoms with E-state index in [1.165, 1.54) is 6.92 Å². The molecule has 1 aromatic heterocycles. The number of Topliss-reactive ketones (excluding diaryl/α,β-unsaturated/α-hetero) is 1. The van der Waals surface area contributed by atoms with Gasteiger partial charge in [-0.1, -0.05) is 6.07 Å². The number of hydrogen-bond donors (Lipinski definition) is 1. The standard InChI is InChI=1S/C13H13N3O3/c1-7-4-8(2)6-10(5-7)16-13(19)14-12(18)11(15-16)9(3)17/h4-6H,1-3H3,(H,14,18,19). The van der Waals surface area contributed by atoms with Gasteiger partial charge in [0, 0.05) is 6.92 Å². The Morgan fingerprint density at radius 3 is 2.26 bits per heavy atom. The van der Waals surface area contributed by atoms with Gasteiger partial charge in [-0.05, 0) is 37.1 Å². The Bertz CT molecular complexity index is 751. The maximum absolute atomic E-state index is 11.8. The Balaban J connectivity index is 2.75. The predicted molar refractivity (Wildman–Crippen MR) is 69.9 cm³/mol. The fourth-order valence-corrected chi connectivity index (χ4v) is 1.88. The van der Waals surface area contributed by atoms with Crippen LogP contribution in [0.15, 0.2) is 27.8 Å². The van der Waals surface area contributed by atoms with Crippen LogP contribution in [0.2, 0.25) is 0 Å². The van der Waals surface area contributed by atoms with Crippen LogP contribution in [0.25, 0.3) is 5.69 Å². The van der Waals surface area contributed by atoms with Crippen molar-refractivity contribution in [2.75, 3.05) is 0 Å². The van der Waals surface area contributed by atoms with E-state index in [1.807, 2.05) is 19.9 Å². The molecule has 0 atom stereocenters. The molecule has 0 spiro atoms. The van der Waals surface area contributed by atoms with Crippen molar-refractivity contribution in [3.05, 3.63) is 55.9 Å². The molecule has 0 radical (unpaired) electrons. The smallest absolute Gasteiger partial charge is 0.292 e. The van der Waals surface area contributed by atoms with E-state index in [1.54, 1.807) is 12.1 Å². The lowest BCUT2D eigenvalue weighted by molar-refractivity contribution is 0.100. The third kappa shape index (κ3) is 2.52. The number of aromatic amines is 1. The van der Waals surface area contributed by atoms with Gasteiger partial charge in [-0.15, -0.1) is 0 Å². The van der Waals surface area contributed by atoms with Gasteiger partial charge in [0.05, 0.1) is 5.69 Å². The van der Waals surface area contributed by atoms with Crippen LogP contribution in [0.3, 0.4) is 0 Å². The largest absolute Gasteiger partial charge is 0.349 e. The van der Waals surface area contributed by atoms with Gasteiger partial charge in [-0.2, -0.15) is 9.78 Å². The molecular weight excluding hydrogens is 246 g/mol. The number of nitrogens with one attached hydrogen (secondary N) is 1. The SMILES string of the molecule is CC(=O)c1nn(-c2cc(C)cc(C)c2)c(=O)[nH]c1=O. The average molecular weight is 259 g/mol. The monoisotopic (exact) mass is 259 g/mol. The lowest BCUT2D eigenvalue weighted by Gasteiger charge is -2.07. The average Bonchev–Trinajstić information content (AvgIpc) is 2.26. The minimum absolute atomic E-state index is 0.279. The Morgan fingerprint density at radius 1 is 1.16 bits per heavy atom. The molecule has 6 nitrogen and oxygen atoms in total. The number of carbonyl (C=O) groups is 1. The van der Waals surface area contributed by atoms with E-state index in [-0.39, 0.29) is 5.69 Å². The lowest BCUT2D eigenvalue weighted by atomic mass is 10.1. The van der Waals surface area contributed by atoms with Crippen molar-refractivity contribution < 1.29 is 4.79 Å². The Morgan fingerprint density at radius 2 is 1.74 bits per heavy atom. The highest BCUT2D eigenvalue weighted by Crippen LogP contribution is 2.10. The Labute approximate surface area is 108 Å². The molecule has 6 heteroatoms. The van der Waals surface area contributed by atoms with Crippen molar-refractivity contribution in [3.63, 3.8) is 0 Å². The number of H-pyrrole nitrogens is 1. The number of carbonyl (C=O) groups excluding carboxylic acids is 1. The first-order valence-electron chi connectivity index (χ1n) is 5.72. The number of aromatic nitrogens is 3. The molecule has 2 aromatic rings. The molecule has 1 N–H and O–H groups in total. The highest BCUT2D eigenvalue weighted by atomic mass is 16.2. The van der Waals surface area contributed by atoms with E-state index in [0.29, 0.717) is 5.69 Å². The van der Waals surface area contributed by atoms with E-state index in [0.717, 1.165) is 15.8 Å². The van der Waals surface area contributed by atoms with Crippen LogP contribution in [0.1, 0.15) is 28.5 Å². The van der Waals surface area contributed by atoms with Gasteiger partial charge in [0.1, 0.15) is 0 Å². The van der Waals surface area contributed by atoms with Crippen molar-refractivity contribution in [1.29, 1.82) is 0 Å². The summed E-state index contributed by atoms with van der Waals surface area (Å²) < 4.78 is 1.03. The number of hydrogen-bond acceptors (Lipinski definition) is 4. The maximum Gasteiger partial charge on any atom is 0.349 e. The second kappa shape index (κ2) is 4.64. The van der Waals surface area contributed by atoms with Gasteiger partial charge in [-0.3, -0.25) is 14.6 Å². The van der Waals surface area contributed by atoms with Crippen LogP contribution in [0.5, 0.6) is 0 Å². The molecule has 0 amide bonds. The minimum Gasteiger partial charge on any atom is -0.292 e. The molecule has 2 rings (SSSR count). The minimum atomic E-state index is -0.766. The second-order valence-electron chi connectivity index (χ2n) is 4.42. The summed E-state index contributed by atoms with van der Waals surface area (Å²) in [6.45, 7) is 5.01. The zero-order valence-electron chi connectivity index (χ0n) is 10.9. The third-order valence-corrected chi connectivity index (χ3v) is 2.61.